The van der Waals surface area contributed by atoms with E-state index in [1.807, 2.05) is 19.9 Å². The summed E-state index contributed by atoms with van der Waals surface area (Å²) in [5, 5.41) is 2.75. The molecular weight excluding hydrogens is 236 g/mol. The third kappa shape index (κ3) is 3.78. The molecule has 4 nitrogen and oxygen atoms in total. The van der Waals surface area contributed by atoms with E-state index in [0.29, 0.717) is 0 Å². The molecule has 0 aliphatic rings. The van der Waals surface area contributed by atoms with Gasteiger partial charge in [-0.2, -0.15) is 0 Å². The van der Waals surface area contributed by atoms with Gasteiger partial charge in [-0.1, -0.05) is 13.0 Å². The molecule has 0 saturated heterocycles. The Kier molecular flexibility index (Phi) is 4.65. The van der Waals surface area contributed by atoms with E-state index in [-0.39, 0.29) is 6.04 Å². The number of sulfone groups is 1. The zero-order valence-electron chi connectivity index (χ0n) is 10.8. The van der Waals surface area contributed by atoms with Gasteiger partial charge in [0.15, 0.2) is 9.84 Å². The molecule has 17 heavy (non-hydrogen) atoms. The van der Waals surface area contributed by atoms with E-state index < -0.39 is 15.1 Å². The fraction of sp³-hybridized carbons (Fsp3) is 0.583. The Labute approximate surface area is 103 Å². The van der Waals surface area contributed by atoms with Crippen LogP contribution in [0.2, 0.25) is 0 Å². The van der Waals surface area contributed by atoms with Crippen LogP contribution in [-0.4, -0.2) is 31.5 Å². The Morgan fingerprint density at radius 2 is 2.06 bits per heavy atom. The van der Waals surface area contributed by atoms with Crippen molar-refractivity contribution >= 4 is 9.84 Å². The Morgan fingerprint density at radius 3 is 2.53 bits per heavy atom. The molecule has 0 spiro atoms. The lowest BCUT2D eigenvalue weighted by atomic mass is 10.0. The minimum atomic E-state index is -3.08. The monoisotopic (exact) mass is 256 g/mol. The first-order valence-electron chi connectivity index (χ1n) is 5.70. The standard InChI is InChI=1S/C12H20N2O2S/c1-5-14-12(10(3)17(4,15)16)11-6-9(2)7-13-8-11/h6-8,10,12,14H,5H2,1-4H3. The van der Waals surface area contributed by atoms with E-state index in [0.717, 1.165) is 17.7 Å². The van der Waals surface area contributed by atoms with Crippen LogP contribution in [0.1, 0.15) is 31.0 Å². The van der Waals surface area contributed by atoms with E-state index in [1.54, 1.807) is 19.3 Å². The summed E-state index contributed by atoms with van der Waals surface area (Å²) in [5.41, 5.74) is 1.95. The third-order valence-corrected chi connectivity index (χ3v) is 4.45. The van der Waals surface area contributed by atoms with Gasteiger partial charge in [0.2, 0.25) is 0 Å². The second-order valence-electron chi connectivity index (χ2n) is 4.37. The topological polar surface area (TPSA) is 59.1 Å². The molecule has 5 heteroatoms. The second-order valence-corrected chi connectivity index (χ2v) is 6.77. The maximum Gasteiger partial charge on any atom is 0.151 e. The molecule has 0 radical (unpaired) electrons. The van der Waals surface area contributed by atoms with Crippen molar-refractivity contribution in [3.05, 3.63) is 29.6 Å². The Bertz CT molecular complexity index is 471. The van der Waals surface area contributed by atoms with Gasteiger partial charge in [-0.3, -0.25) is 4.98 Å². The normalized spacial score (nSPS) is 15.5. The number of aromatic nitrogens is 1. The molecule has 0 amide bonds. The predicted molar refractivity (Wildman–Crippen MR) is 69.7 cm³/mol. The zero-order chi connectivity index (χ0) is 13.1. The lowest BCUT2D eigenvalue weighted by molar-refractivity contribution is 0.511. The molecule has 0 bridgehead atoms. The van der Waals surface area contributed by atoms with Gasteiger partial charge in [0, 0.05) is 18.6 Å². The molecule has 1 N–H and O–H groups in total. The average Bonchev–Trinajstić information content (AvgIpc) is 2.23. The highest BCUT2D eigenvalue weighted by Gasteiger charge is 2.26. The molecule has 1 aromatic heterocycles. The number of nitrogens with one attached hydrogen (secondary N) is 1. The van der Waals surface area contributed by atoms with Crippen LogP contribution in [-0.2, 0) is 9.84 Å². The van der Waals surface area contributed by atoms with Gasteiger partial charge in [-0.25, -0.2) is 8.42 Å². The number of pyridine rings is 1. The molecule has 2 unspecified atom stereocenters. The van der Waals surface area contributed by atoms with Gasteiger partial charge in [0.05, 0.1) is 11.3 Å². The summed E-state index contributed by atoms with van der Waals surface area (Å²) in [6.07, 6.45) is 4.75. The van der Waals surface area contributed by atoms with Crippen molar-refractivity contribution in [1.82, 2.24) is 10.3 Å². The lowest BCUT2D eigenvalue weighted by Crippen LogP contribution is -2.35. The van der Waals surface area contributed by atoms with Crippen molar-refractivity contribution in [3.63, 3.8) is 0 Å². The van der Waals surface area contributed by atoms with Crippen LogP contribution in [0.5, 0.6) is 0 Å². The molecule has 0 saturated carbocycles. The highest BCUT2D eigenvalue weighted by Crippen LogP contribution is 2.21. The Morgan fingerprint density at radius 1 is 1.41 bits per heavy atom. The van der Waals surface area contributed by atoms with Crippen LogP contribution in [0.25, 0.3) is 0 Å². The minimum absolute atomic E-state index is 0.206. The van der Waals surface area contributed by atoms with Gasteiger partial charge < -0.3 is 5.32 Å². The quantitative estimate of drug-likeness (QED) is 0.867. The first kappa shape index (κ1) is 14.1. The number of rotatable bonds is 5. The van der Waals surface area contributed by atoms with Crippen LogP contribution in [0.4, 0.5) is 0 Å². The van der Waals surface area contributed by atoms with Gasteiger partial charge in [-0.15, -0.1) is 0 Å². The van der Waals surface area contributed by atoms with E-state index >= 15 is 0 Å². The summed E-state index contributed by atoms with van der Waals surface area (Å²) in [7, 11) is -3.08. The fourth-order valence-electron chi connectivity index (χ4n) is 1.77. The van der Waals surface area contributed by atoms with Crippen LogP contribution >= 0.6 is 0 Å². The van der Waals surface area contributed by atoms with Gasteiger partial charge in [-0.05, 0) is 31.5 Å². The SMILES string of the molecule is CCNC(c1cncc(C)c1)C(C)S(C)(=O)=O. The van der Waals surface area contributed by atoms with E-state index in [1.165, 1.54) is 6.26 Å². The van der Waals surface area contributed by atoms with Crippen molar-refractivity contribution in [1.29, 1.82) is 0 Å². The van der Waals surface area contributed by atoms with Crippen molar-refractivity contribution in [2.75, 3.05) is 12.8 Å². The number of hydrogen-bond donors (Lipinski definition) is 1. The molecule has 0 aromatic carbocycles. The largest absolute Gasteiger partial charge is 0.309 e. The summed E-state index contributed by atoms with van der Waals surface area (Å²) in [6.45, 7) is 6.36. The molecule has 1 aromatic rings. The van der Waals surface area contributed by atoms with Gasteiger partial charge in [0.25, 0.3) is 0 Å². The second kappa shape index (κ2) is 5.60. The van der Waals surface area contributed by atoms with E-state index in [9.17, 15) is 8.42 Å². The predicted octanol–water partition coefficient (Wildman–Crippen LogP) is 1.47. The summed E-state index contributed by atoms with van der Waals surface area (Å²) in [5.74, 6) is 0. The highest BCUT2D eigenvalue weighted by molar-refractivity contribution is 7.91. The van der Waals surface area contributed by atoms with Crippen molar-refractivity contribution in [2.24, 2.45) is 0 Å². The Balaban J connectivity index is 3.09. The van der Waals surface area contributed by atoms with E-state index in [2.05, 4.69) is 10.3 Å². The molecule has 1 heterocycles. The lowest BCUT2D eigenvalue weighted by Gasteiger charge is -2.23. The third-order valence-electron chi connectivity index (χ3n) is 2.82. The zero-order valence-corrected chi connectivity index (χ0v) is 11.6. The van der Waals surface area contributed by atoms with E-state index in [4.69, 9.17) is 0 Å². The molecule has 0 fully saturated rings. The molecule has 2 atom stereocenters. The van der Waals surface area contributed by atoms with Crippen LogP contribution in [0.15, 0.2) is 18.5 Å². The molecular formula is C12H20N2O2S. The fourth-order valence-corrected chi connectivity index (χ4v) is 2.52. The maximum atomic E-state index is 11.6. The minimum Gasteiger partial charge on any atom is -0.309 e. The molecule has 0 aliphatic heterocycles. The highest BCUT2D eigenvalue weighted by atomic mass is 32.2. The van der Waals surface area contributed by atoms with Crippen LogP contribution in [0, 0.1) is 6.92 Å². The number of aryl methyl sites for hydroxylation is 1. The Hall–Kier alpha value is -0.940. The summed E-state index contributed by atoms with van der Waals surface area (Å²) < 4.78 is 23.3. The van der Waals surface area contributed by atoms with Gasteiger partial charge in [0.1, 0.15) is 0 Å². The number of nitrogens with zero attached hydrogens (tertiary/aromatic N) is 1. The summed E-state index contributed by atoms with van der Waals surface area (Å²) in [4.78, 5) is 4.12. The van der Waals surface area contributed by atoms with Crippen molar-refractivity contribution < 1.29 is 8.42 Å². The first-order chi connectivity index (χ1) is 7.86. The van der Waals surface area contributed by atoms with Crippen LogP contribution in [0.3, 0.4) is 0 Å². The summed E-state index contributed by atoms with van der Waals surface area (Å²) >= 11 is 0. The van der Waals surface area contributed by atoms with Crippen LogP contribution < -0.4 is 5.32 Å². The van der Waals surface area contributed by atoms with Gasteiger partial charge >= 0.3 is 0 Å². The maximum absolute atomic E-state index is 11.6. The average molecular weight is 256 g/mol. The first-order valence-corrected chi connectivity index (χ1v) is 7.65. The van der Waals surface area contributed by atoms with Crippen molar-refractivity contribution in [3.8, 4) is 0 Å². The van der Waals surface area contributed by atoms with Crippen molar-refractivity contribution in [2.45, 2.75) is 32.1 Å². The molecule has 0 aliphatic carbocycles. The molecule has 96 valence electrons. The smallest absolute Gasteiger partial charge is 0.151 e. The molecule has 1 rings (SSSR count). The number of hydrogen-bond acceptors (Lipinski definition) is 4. The summed E-state index contributed by atoms with van der Waals surface area (Å²) in [6, 6.07) is 1.77.